The molecule has 0 saturated carbocycles. The van der Waals surface area contributed by atoms with Gasteiger partial charge in [-0.05, 0) is 38.5 Å². The molecule has 14 heteroatoms. The smallest absolute Gasteiger partial charge is 0.394 e. The van der Waals surface area contributed by atoms with E-state index in [1.165, 1.54) is 38.5 Å². The van der Waals surface area contributed by atoms with Gasteiger partial charge in [0.1, 0.15) is 30.5 Å². The lowest BCUT2D eigenvalue weighted by Crippen LogP contribution is -2.61. The van der Waals surface area contributed by atoms with Gasteiger partial charge >= 0.3 is 10.4 Å². The number of hydrogen-bond donors (Lipinski definition) is 7. The van der Waals surface area contributed by atoms with E-state index in [1.807, 2.05) is 6.92 Å². The fraction of sp³-hybridized carbons (Fsp3) is 0.912. The van der Waals surface area contributed by atoms with Crippen LogP contribution in [0.25, 0.3) is 0 Å². The predicted molar refractivity (Wildman–Crippen MR) is 182 cm³/mol. The summed E-state index contributed by atoms with van der Waals surface area (Å²) in [5, 5.41) is 54.3. The van der Waals surface area contributed by atoms with Gasteiger partial charge in [-0.2, -0.15) is 8.42 Å². The summed E-state index contributed by atoms with van der Waals surface area (Å²) in [5.74, 6) is -0.688. The summed E-state index contributed by atoms with van der Waals surface area (Å²) in [6.07, 6.45) is 12.5. The molecule has 0 bridgehead atoms. The Labute approximate surface area is 288 Å². The topological polar surface area (TPSA) is 212 Å². The number of nitrogens with one attached hydrogen (secondary N) is 1. The van der Waals surface area contributed by atoms with Gasteiger partial charge in [-0.3, -0.25) is 9.35 Å². The number of ether oxygens (including phenoxy) is 2. The predicted octanol–water partition coefficient (Wildman–Crippen LogP) is 3.84. The minimum atomic E-state index is -5.09. The van der Waals surface area contributed by atoms with Crippen LogP contribution in [0.15, 0.2) is 12.2 Å². The third kappa shape index (κ3) is 19.9. The molecule has 0 radical (unpaired) electrons. The second-order valence-corrected chi connectivity index (χ2v) is 14.0. The monoisotopic (exact) mass is 711 g/mol. The molecule has 1 rings (SSSR count). The molecule has 0 aliphatic carbocycles. The van der Waals surface area contributed by atoms with E-state index in [4.69, 9.17) is 14.0 Å². The van der Waals surface area contributed by atoms with Crippen molar-refractivity contribution < 1.29 is 57.0 Å². The maximum Gasteiger partial charge on any atom is 0.397 e. The zero-order valence-electron chi connectivity index (χ0n) is 29.2. The lowest BCUT2D eigenvalue weighted by molar-refractivity contribution is -0.298. The largest absolute Gasteiger partial charge is 0.397 e. The van der Waals surface area contributed by atoms with Crippen LogP contribution in [0.4, 0.5) is 0 Å². The van der Waals surface area contributed by atoms with Crippen LogP contribution in [0.1, 0.15) is 136 Å². The van der Waals surface area contributed by atoms with Crippen LogP contribution in [-0.2, 0) is 28.9 Å². The van der Waals surface area contributed by atoms with Crippen LogP contribution in [0, 0.1) is 0 Å². The van der Waals surface area contributed by atoms with E-state index < -0.39 is 78.5 Å². The van der Waals surface area contributed by atoms with Crippen molar-refractivity contribution in [2.75, 3.05) is 13.2 Å². The maximum atomic E-state index is 12.8. The van der Waals surface area contributed by atoms with Gasteiger partial charge in [0.2, 0.25) is 5.91 Å². The van der Waals surface area contributed by atoms with Crippen LogP contribution < -0.4 is 5.32 Å². The summed E-state index contributed by atoms with van der Waals surface area (Å²) in [6.45, 7) is 3.02. The molecule has 0 aromatic heterocycles. The Morgan fingerprint density at radius 2 is 1.33 bits per heavy atom. The number of carbonyl (C=O) groups is 1. The van der Waals surface area contributed by atoms with Crippen LogP contribution >= 0.6 is 0 Å². The molecule has 8 unspecified atom stereocenters. The molecule has 1 heterocycles. The second-order valence-electron chi connectivity index (χ2n) is 12.9. The highest BCUT2D eigenvalue weighted by atomic mass is 32.3. The second kappa shape index (κ2) is 26.6. The first-order valence-corrected chi connectivity index (χ1v) is 19.5. The minimum Gasteiger partial charge on any atom is -0.394 e. The van der Waals surface area contributed by atoms with Crippen molar-refractivity contribution >= 4 is 16.3 Å². The highest BCUT2D eigenvalue weighted by Gasteiger charge is 2.48. The number of unbranched alkanes of at least 4 members (excludes halogenated alkanes) is 14. The highest BCUT2D eigenvalue weighted by molar-refractivity contribution is 7.80. The molecule has 13 nitrogen and oxygen atoms in total. The van der Waals surface area contributed by atoms with E-state index in [-0.39, 0.29) is 6.42 Å². The molecule has 1 saturated heterocycles. The molecule has 1 amide bonds. The first-order valence-electron chi connectivity index (χ1n) is 18.2. The van der Waals surface area contributed by atoms with E-state index in [0.717, 1.165) is 57.8 Å². The van der Waals surface area contributed by atoms with Crippen LogP contribution in [0.5, 0.6) is 0 Å². The molecule has 7 N–H and O–H groups in total. The zero-order valence-corrected chi connectivity index (χ0v) is 30.0. The van der Waals surface area contributed by atoms with E-state index in [1.54, 1.807) is 0 Å². The Kier molecular flexibility index (Phi) is 24.8. The zero-order chi connectivity index (χ0) is 35.8. The molecule has 0 spiro atoms. The molecule has 8 atom stereocenters. The molecule has 1 aliphatic heterocycles. The van der Waals surface area contributed by atoms with Gasteiger partial charge in [-0.1, -0.05) is 109 Å². The Morgan fingerprint density at radius 1 is 0.812 bits per heavy atom. The van der Waals surface area contributed by atoms with Gasteiger partial charge in [0.15, 0.2) is 6.29 Å². The summed E-state index contributed by atoms with van der Waals surface area (Å²) in [6, 6.07) is -1.03. The average Bonchev–Trinajstić information content (AvgIpc) is 3.04. The van der Waals surface area contributed by atoms with E-state index in [9.17, 15) is 38.7 Å². The SMILES string of the molecule is CCCCCCCC/C=C\CCCCCCCCC(O)C(=O)NC(COC1OC(CO)C(O)C(OS(=O)(=O)O)C1O)C(O)CCCCC. The van der Waals surface area contributed by atoms with Crippen LogP contribution in [-0.4, -0.2) is 107 Å². The number of allylic oxidation sites excluding steroid dienone is 2. The van der Waals surface area contributed by atoms with Crippen molar-refractivity contribution in [1.82, 2.24) is 5.32 Å². The lowest BCUT2D eigenvalue weighted by atomic mass is 9.99. The molecule has 1 fully saturated rings. The van der Waals surface area contributed by atoms with Gasteiger partial charge < -0.3 is 40.3 Å². The Morgan fingerprint density at radius 3 is 1.90 bits per heavy atom. The van der Waals surface area contributed by atoms with Gasteiger partial charge in [-0.15, -0.1) is 0 Å². The standard InChI is InChI=1S/C34H65NO12S/c1-3-5-7-8-9-10-11-12-13-14-15-16-17-18-19-21-23-28(38)33(41)35-26(27(37)22-20-6-4-2)25-45-34-31(40)32(47-48(42,43)44)30(39)29(24-36)46-34/h12-13,26-32,34,36-40H,3-11,14-25H2,1-2H3,(H,35,41)(H,42,43,44)/b13-12-. The first kappa shape index (κ1) is 44.8. The summed E-state index contributed by atoms with van der Waals surface area (Å²) in [5.41, 5.74) is 0. The van der Waals surface area contributed by atoms with Gasteiger partial charge in [0.25, 0.3) is 0 Å². The van der Waals surface area contributed by atoms with Crippen molar-refractivity contribution in [3.05, 3.63) is 12.2 Å². The fourth-order valence-corrected chi connectivity index (χ4v) is 6.20. The maximum absolute atomic E-state index is 12.8. The fourth-order valence-electron chi connectivity index (χ4n) is 5.69. The summed E-state index contributed by atoms with van der Waals surface area (Å²) in [7, 11) is -5.09. The summed E-state index contributed by atoms with van der Waals surface area (Å²) < 4.78 is 46.9. The van der Waals surface area contributed by atoms with Crippen molar-refractivity contribution in [2.24, 2.45) is 0 Å². The van der Waals surface area contributed by atoms with Gasteiger partial charge in [-0.25, -0.2) is 4.18 Å². The molecule has 0 aromatic rings. The van der Waals surface area contributed by atoms with Crippen molar-refractivity contribution in [3.63, 3.8) is 0 Å². The summed E-state index contributed by atoms with van der Waals surface area (Å²) >= 11 is 0. The van der Waals surface area contributed by atoms with Crippen molar-refractivity contribution in [2.45, 2.75) is 185 Å². The average molecular weight is 712 g/mol. The van der Waals surface area contributed by atoms with Gasteiger partial charge in [0.05, 0.1) is 25.4 Å². The summed E-state index contributed by atoms with van der Waals surface area (Å²) in [4.78, 5) is 12.8. The van der Waals surface area contributed by atoms with Crippen LogP contribution in [0.3, 0.4) is 0 Å². The first-order chi connectivity index (χ1) is 22.9. The van der Waals surface area contributed by atoms with Crippen molar-refractivity contribution in [3.8, 4) is 0 Å². The lowest BCUT2D eigenvalue weighted by Gasteiger charge is -2.41. The number of amides is 1. The third-order valence-electron chi connectivity index (χ3n) is 8.68. The number of aliphatic hydroxyl groups excluding tert-OH is 5. The molecule has 48 heavy (non-hydrogen) atoms. The number of hydrogen-bond acceptors (Lipinski definition) is 11. The molecular formula is C34H65NO12S. The minimum absolute atomic E-state index is 0.252. The van der Waals surface area contributed by atoms with Crippen LogP contribution in [0.2, 0.25) is 0 Å². The quantitative estimate of drug-likeness (QED) is 0.0335. The van der Waals surface area contributed by atoms with E-state index >= 15 is 0 Å². The number of carbonyl (C=O) groups excluding carboxylic acids is 1. The third-order valence-corrected chi connectivity index (χ3v) is 9.15. The Balaban J connectivity index is 2.49. The molecular weight excluding hydrogens is 646 g/mol. The van der Waals surface area contributed by atoms with E-state index in [0.29, 0.717) is 19.3 Å². The molecule has 0 aromatic carbocycles. The Hall–Kier alpha value is -1.20. The normalized spacial score (nSPS) is 23.7. The van der Waals surface area contributed by atoms with Gasteiger partial charge in [0, 0.05) is 0 Å². The van der Waals surface area contributed by atoms with Crippen molar-refractivity contribution in [1.29, 1.82) is 0 Å². The highest BCUT2D eigenvalue weighted by Crippen LogP contribution is 2.26. The Bertz CT molecular complexity index is 952. The number of rotatable bonds is 29. The molecule has 1 aliphatic rings. The molecule has 284 valence electrons. The van der Waals surface area contributed by atoms with E-state index in [2.05, 4.69) is 28.6 Å². The number of aliphatic hydroxyl groups is 5.